The molecule has 0 saturated heterocycles. The molecule has 1 aliphatic carbocycles. The van der Waals surface area contributed by atoms with E-state index in [-0.39, 0.29) is 17.5 Å². The van der Waals surface area contributed by atoms with Gasteiger partial charge in [-0.1, -0.05) is 18.2 Å². The average Bonchev–Trinajstić information content (AvgIpc) is 3.07. The summed E-state index contributed by atoms with van der Waals surface area (Å²) >= 11 is 1.39. The van der Waals surface area contributed by atoms with Gasteiger partial charge in [0.05, 0.1) is 4.88 Å². The molecule has 1 saturated carbocycles. The molecule has 1 aromatic carbocycles. The minimum Gasteiger partial charge on any atom is -0.293 e. The molecular formula is C14H11FOS. The third-order valence-electron chi connectivity index (χ3n) is 2.94. The molecule has 0 radical (unpaired) electrons. The molecule has 1 aliphatic rings. The van der Waals surface area contributed by atoms with Crippen molar-refractivity contribution in [3.63, 3.8) is 0 Å². The van der Waals surface area contributed by atoms with Crippen LogP contribution in [0.25, 0.3) is 10.4 Å². The van der Waals surface area contributed by atoms with Crippen LogP contribution in [0.5, 0.6) is 0 Å². The summed E-state index contributed by atoms with van der Waals surface area (Å²) in [6, 6.07) is 10.3. The van der Waals surface area contributed by atoms with Crippen molar-refractivity contribution < 1.29 is 9.18 Å². The second kappa shape index (κ2) is 4.08. The van der Waals surface area contributed by atoms with Crippen molar-refractivity contribution in [2.24, 2.45) is 5.92 Å². The smallest absolute Gasteiger partial charge is 0.175 e. The Morgan fingerprint density at radius 2 is 1.94 bits per heavy atom. The molecule has 0 N–H and O–H groups in total. The summed E-state index contributed by atoms with van der Waals surface area (Å²) in [4.78, 5) is 13.4. The molecule has 3 rings (SSSR count). The minimum absolute atomic E-state index is 0.220. The van der Waals surface area contributed by atoms with Crippen LogP contribution in [-0.2, 0) is 0 Å². The lowest BCUT2D eigenvalue weighted by atomic mass is 10.2. The fraction of sp³-hybridized carbons (Fsp3) is 0.214. The van der Waals surface area contributed by atoms with Gasteiger partial charge in [0.1, 0.15) is 5.82 Å². The van der Waals surface area contributed by atoms with Crippen LogP contribution in [0.15, 0.2) is 36.4 Å². The third-order valence-corrected chi connectivity index (χ3v) is 4.07. The molecule has 0 aliphatic heterocycles. The molecule has 1 nitrogen and oxygen atoms in total. The van der Waals surface area contributed by atoms with Crippen molar-refractivity contribution in [3.05, 3.63) is 47.1 Å². The van der Waals surface area contributed by atoms with E-state index in [4.69, 9.17) is 0 Å². The second-order valence-corrected chi connectivity index (χ2v) is 5.37. The predicted molar refractivity (Wildman–Crippen MR) is 66.8 cm³/mol. The van der Waals surface area contributed by atoms with E-state index in [0.29, 0.717) is 5.56 Å². The largest absolute Gasteiger partial charge is 0.293 e. The number of hydrogen-bond donors (Lipinski definition) is 0. The number of benzene rings is 1. The van der Waals surface area contributed by atoms with Crippen molar-refractivity contribution in [3.8, 4) is 10.4 Å². The van der Waals surface area contributed by atoms with E-state index in [1.165, 1.54) is 17.4 Å². The van der Waals surface area contributed by atoms with Gasteiger partial charge in [-0.25, -0.2) is 4.39 Å². The summed E-state index contributed by atoms with van der Waals surface area (Å²) < 4.78 is 13.6. The maximum absolute atomic E-state index is 13.6. The van der Waals surface area contributed by atoms with E-state index in [0.717, 1.165) is 22.6 Å². The Kier molecular flexibility index (Phi) is 2.56. The van der Waals surface area contributed by atoms with Crippen LogP contribution in [-0.4, -0.2) is 5.78 Å². The zero-order valence-corrected chi connectivity index (χ0v) is 9.97. The number of Topliss-reactive ketones (excluding diaryl/α,β-unsaturated/α-hetero) is 1. The summed E-state index contributed by atoms with van der Waals surface area (Å²) in [5, 5.41) is 0. The van der Waals surface area contributed by atoms with E-state index < -0.39 is 0 Å². The van der Waals surface area contributed by atoms with Crippen LogP contribution in [0, 0.1) is 11.7 Å². The first-order valence-corrected chi connectivity index (χ1v) is 6.46. The molecule has 86 valence electrons. The first-order chi connectivity index (χ1) is 8.25. The molecule has 0 amide bonds. The fourth-order valence-corrected chi connectivity index (χ4v) is 2.87. The Labute approximate surface area is 103 Å². The second-order valence-electron chi connectivity index (χ2n) is 4.28. The van der Waals surface area contributed by atoms with Gasteiger partial charge in [0.25, 0.3) is 0 Å². The van der Waals surface area contributed by atoms with Crippen LogP contribution in [0.4, 0.5) is 4.39 Å². The van der Waals surface area contributed by atoms with Gasteiger partial charge in [-0.2, -0.15) is 0 Å². The van der Waals surface area contributed by atoms with Crippen LogP contribution in [0.1, 0.15) is 22.5 Å². The van der Waals surface area contributed by atoms with Crippen LogP contribution >= 0.6 is 11.3 Å². The molecular weight excluding hydrogens is 235 g/mol. The zero-order chi connectivity index (χ0) is 11.8. The lowest BCUT2D eigenvalue weighted by Gasteiger charge is -1.98. The summed E-state index contributed by atoms with van der Waals surface area (Å²) in [5.74, 6) is 0.208. The molecule has 0 bridgehead atoms. The number of rotatable bonds is 3. The molecule has 0 atom stereocenters. The van der Waals surface area contributed by atoms with Crippen LogP contribution in [0.3, 0.4) is 0 Å². The molecule has 1 aromatic heterocycles. The highest BCUT2D eigenvalue weighted by Gasteiger charge is 2.31. The van der Waals surface area contributed by atoms with E-state index in [9.17, 15) is 9.18 Å². The first kappa shape index (κ1) is 10.7. The Morgan fingerprint density at radius 3 is 2.65 bits per heavy atom. The molecule has 2 aromatic rings. The Hall–Kier alpha value is -1.48. The molecule has 1 fully saturated rings. The number of carbonyl (C=O) groups is 1. The maximum Gasteiger partial charge on any atom is 0.175 e. The predicted octanol–water partition coefficient (Wildman–Crippen LogP) is 4.15. The standard InChI is InChI=1S/C14H11FOS/c15-11-4-2-1-3-10(11)12-7-8-13(17-12)14(16)9-5-6-9/h1-4,7-9H,5-6H2. The van der Waals surface area contributed by atoms with Gasteiger partial charge in [-0.15, -0.1) is 11.3 Å². The van der Waals surface area contributed by atoms with Gasteiger partial charge in [0, 0.05) is 16.4 Å². The lowest BCUT2D eigenvalue weighted by Crippen LogP contribution is -1.96. The van der Waals surface area contributed by atoms with Gasteiger partial charge in [-0.05, 0) is 31.0 Å². The van der Waals surface area contributed by atoms with Crippen molar-refractivity contribution in [1.82, 2.24) is 0 Å². The van der Waals surface area contributed by atoms with Gasteiger partial charge < -0.3 is 0 Å². The first-order valence-electron chi connectivity index (χ1n) is 5.64. The van der Waals surface area contributed by atoms with E-state index in [1.54, 1.807) is 18.2 Å². The highest BCUT2D eigenvalue weighted by Crippen LogP contribution is 2.37. The van der Waals surface area contributed by atoms with Gasteiger partial charge in [0.2, 0.25) is 0 Å². The van der Waals surface area contributed by atoms with E-state index >= 15 is 0 Å². The highest BCUT2D eigenvalue weighted by molar-refractivity contribution is 7.17. The topological polar surface area (TPSA) is 17.1 Å². The Balaban J connectivity index is 1.94. The van der Waals surface area contributed by atoms with E-state index in [2.05, 4.69) is 0 Å². The summed E-state index contributed by atoms with van der Waals surface area (Å²) in [6.45, 7) is 0. The van der Waals surface area contributed by atoms with Gasteiger partial charge in [-0.3, -0.25) is 4.79 Å². The Bertz CT molecular complexity index is 569. The maximum atomic E-state index is 13.6. The monoisotopic (exact) mass is 246 g/mol. The summed E-state index contributed by atoms with van der Waals surface area (Å²) in [7, 11) is 0. The van der Waals surface area contributed by atoms with Crippen LogP contribution < -0.4 is 0 Å². The summed E-state index contributed by atoms with van der Waals surface area (Å²) in [5.41, 5.74) is 0.576. The highest BCUT2D eigenvalue weighted by atomic mass is 32.1. The lowest BCUT2D eigenvalue weighted by molar-refractivity contribution is 0.0971. The number of carbonyl (C=O) groups excluding carboxylic acids is 1. The molecule has 0 spiro atoms. The van der Waals surface area contributed by atoms with Crippen LogP contribution in [0.2, 0.25) is 0 Å². The van der Waals surface area contributed by atoms with E-state index in [1.807, 2.05) is 12.1 Å². The number of halogens is 1. The molecule has 0 unspecified atom stereocenters. The Morgan fingerprint density at radius 1 is 1.18 bits per heavy atom. The van der Waals surface area contributed by atoms with Crippen molar-refractivity contribution in [1.29, 1.82) is 0 Å². The van der Waals surface area contributed by atoms with Crippen molar-refractivity contribution >= 4 is 17.1 Å². The average molecular weight is 246 g/mol. The van der Waals surface area contributed by atoms with Gasteiger partial charge in [0.15, 0.2) is 5.78 Å². The summed E-state index contributed by atoms with van der Waals surface area (Å²) in [6.07, 6.45) is 2.01. The molecule has 1 heterocycles. The van der Waals surface area contributed by atoms with Crippen molar-refractivity contribution in [2.45, 2.75) is 12.8 Å². The fourth-order valence-electron chi connectivity index (χ4n) is 1.82. The minimum atomic E-state index is -0.236. The number of ketones is 1. The van der Waals surface area contributed by atoms with Crippen molar-refractivity contribution in [2.75, 3.05) is 0 Å². The normalized spacial score (nSPS) is 14.9. The SMILES string of the molecule is O=C(c1ccc(-c2ccccc2F)s1)C1CC1. The zero-order valence-electron chi connectivity index (χ0n) is 9.15. The number of hydrogen-bond acceptors (Lipinski definition) is 2. The quantitative estimate of drug-likeness (QED) is 0.744. The third kappa shape index (κ3) is 2.03. The number of thiophene rings is 1. The molecule has 3 heteroatoms. The molecule has 17 heavy (non-hydrogen) atoms. The van der Waals surface area contributed by atoms with Gasteiger partial charge >= 0.3 is 0 Å².